The van der Waals surface area contributed by atoms with Crippen LogP contribution in [0.4, 0.5) is 5.69 Å². The van der Waals surface area contributed by atoms with E-state index in [1.165, 1.54) is 5.56 Å². The Bertz CT molecular complexity index is 631. The number of anilines is 1. The Labute approximate surface area is 148 Å². The highest BCUT2D eigenvalue weighted by molar-refractivity contribution is 14.0. The van der Waals surface area contributed by atoms with E-state index in [0.29, 0.717) is 25.0 Å². The van der Waals surface area contributed by atoms with Crippen molar-refractivity contribution in [3.63, 3.8) is 0 Å². The van der Waals surface area contributed by atoms with Gasteiger partial charge < -0.3 is 15.8 Å². The molecule has 6 heteroatoms. The summed E-state index contributed by atoms with van der Waals surface area (Å²) in [5.74, 6) is 0.991. The molecule has 1 aromatic carbocycles. The monoisotopic (exact) mass is 412 g/mol. The van der Waals surface area contributed by atoms with E-state index in [1.54, 1.807) is 6.20 Å². The van der Waals surface area contributed by atoms with Crippen molar-refractivity contribution in [3.05, 3.63) is 53.7 Å². The third-order valence-electron chi connectivity index (χ3n) is 2.81. The molecule has 3 N–H and O–H groups in total. The van der Waals surface area contributed by atoms with Crippen molar-refractivity contribution < 1.29 is 4.74 Å². The van der Waals surface area contributed by atoms with Gasteiger partial charge in [-0.3, -0.25) is 0 Å². The molecule has 0 amide bonds. The quantitative estimate of drug-likeness (QED) is 0.449. The SMILES string of the molecule is CCOc1cc(CN=C(N)Nc2cccc(C)c2)ccn1.I. The molecule has 118 valence electrons. The lowest BCUT2D eigenvalue weighted by molar-refractivity contribution is 0.326. The molecule has 0 spiro atoms. The van der Waals surface area contributed by atoms with Gasteiger partial charge in [-0.1, -0.05) is 12.1 Å². The molecule has 1 heterocycles. The number of hydrogen-bond donors (Lipinski definition) is 2. The normalized spacial score (nSPS) is 10.7. The molecule has 22 heavy (non-hydrogen) atoms. The number of aromatic nitrogens is 1. The van der Waals surface area contributed by atoms with Crippen LogP contribution >= 0.6 is 24.0 Å². The molecule has 0 bridgehead atoms. The van der Waals surface area contributed by atoms with Gasteiger partial charge in [-0.25, -0.2) is 9.98 Å². The third-order valence-corrected chi connectivity index (χ3v) is 2.81. The van der Waals surface area contributed by atoms with Gasteiger partial charge in [0.1, 0.15) is 0 Å². The molecular weight excluding hydrogens is 391 g/mol. The fraction of sp³-hybridized carbons (Fsp3) is 0.250. The average molecular weight is 412 g/mol. The summed E-state index contributed by atoms with van der Waals surface area (Å²) in [6.07, 6.45) is 1.71. The van der Waals surface area contributed by atoms with E-state index in [1.807, 2.05) is 50.2 Å². The molecule has 0 radical (unpaired) electrons. The summed E-state index contributed by atoms with van der Waals surface area (Å²) in [4.78, 5) is 8.44. The largest absolute Gasteiger partial charge is 0.478 e. The minimum absolute atomic E-state index is 0. The van der Waals surface area contributed by atoms with Gasteiger partial charge in [0.2, 0.25) is 5.88 Å². The second kappa shape index (κ2) is 9.24. The fourth-order valence-electron chi connectivity index (χ4n) is 1.86. The summed E-state index contributed by atoms with van der Waals surface area (Å²) in [5, 5.41) is 3.07. The third kappa shape index (κ3) is 5.88. The lowest BCUT2D eigenvalue weighted by Crippen LogP contribution is -2.22. The Kier molecular flexibility index (Phi) is 7.65. The molecule has 0 fully saturated rings. The maximum absolute atomic E-state index is 5.89. The predicted molar refractivity (Wildman–Crippen MR) is 101 cm³/mol. The van der Waals surface area contributed by atoms with Crippen molar-refractivity contribution in [2.45, 2.75) is 20.4 Å². The van der Waals surface area contributed by atoms with E-state index in [2.05, 4.69) is 15.3 Å². The Morgan fingerprint density at radius 1 is 1.32 bits per heavy atom. The Morgan fingerprint density at radius 3 is 2.86 bits per heavy atom. The van der Waals surface area contributed by atoms with Crippen LogP contribution in [0.2, 0.25) is 0 Å². The fourth-order valence-corrected chi connectivity index (χ4v) is 1.86. The molecule has 0 saturated carbocycles. The molecular formula is C16H21IN4O. The van der Waals surface area contributed by atoms with Gasteiger partial charge in [0.05, 0.1) is 13.2 Å². The average Bonchev–Trinajstić information content (AvgIpc) is 2.46. The van der Waals surface area contributed by atoms with E-state index in [4.69, 9.17) is 10.5 Å². The molecule has 0 aliphatic heterocycles. The lowest BCUT2D eigenvalue weighted by atomic mass is 10.2. The Morgan fingerprint density at radius 2 is 2.14 bits per heavy atom. The van der Waals surface area contributed by atoms with Crippen LogP contribution in [0.3, 0.4) is 0 Å². The van der Waals surface area contributed by atoms with Crippen LogP contribution in [-0.2, 0) is 6.54 Å². The summed E-state index contributed by atoms with van der Waals surface area (Å²) in [6, 6.07) is 11.7. The maximum Gasteiger partial charge on any atom is 0.213 e. The van der Waals surface area contributed by atoms with Crippen molar-refractivity contribution in [2.75, 3.05) is 11.9 Å². The molecule has 0 aliphatic rings. The van der Waals surface area contributed by atoms with Crippen molar-refractivity contribution in [3.8, 4) is 5.88 Å². The lowest BCUT2D eigenvalue weighted by Gasteiger charge is -2.07. The van der Waals surface area contributed by atoms with Crippen LogP contribution in [0.5, 0.6) is 5.88 Å². The first-order valence-corrected chi connectivity index (χ1v) is 6.88. The van der Waals surface area contributed by atoms with Gasteiger partial charge in [-0.2, -0.15) is 0 Å². The molecule has 0 unspecified atom stereocenters. The minimum atomic E-state index is 0. The highest BCUT2D eigenvalue weighted by Gasteiger charge is 1.99. The van der Waals surface area contributed by atoms with Crippen molar-refractivity contribution in [1.82, 2.24) is 4.98 Å². The van der Waals surface area contributed by atoms with Crippen molar-refractivity contribution in [1.29, 1.82) is 0 Å². The van der Waals surface area contributed by atoms with Gasteiger partial charge in [-0.05, 0) is 43.2 Å². The second-order valence-corrected chi connectivity index (χ2v) is 4.63. The summed E-state index contributed by atoms with van der Waals surface area (Å²) in [5.41, 5.74) is 9.00. The van der Waals surface area contributed by atoms with E-state index >= 15 is 0 Å². The number of aliphatic imine (C=N–C) groups is 1. The maximum atomic E-state index is 5.89. The number of benzene rings is 1. The number of halogens is 1. The van der Waals surface area contributed by atoms with E-state index in [0.717, 1.165) is 11.3 Å². The van der Waals surface area contributed by atoms with Gasteiger partial charge in [-0.15, -0.1) is 24.0 Å². The molecule has 0 atom stereocenters. The zero-order chi connectivity index (χ0) is 15.1. The Hall–Kier alpha value is -1.83. The molecule has 2 aromatic rings. The van der Waals surface area contributed by atoms with Gasteiger partial charge in [0.15, 0.2) is 5.96 Å². The van der Waals surface area contributed by atoms with Gasteiger partial charge in [0, 0.05) is 18.0 Å². The zero-order valence-electron chi connectivity index (χ0n) is 12.7. The summed E-state index contributed by atoms with van der Waals surface area (Å²) < 4.78 is 5.36. The number of nitrogens with zero attached hydrogens (tertiary/aromatic N) is 2. The Balaban J connectivity index is 0.00000242. The number of guanidine groups is 1. The summed E-state index contributed by atoms with van der Waals surface area (Å²) in [6.45, 7) is 5.03. The standard InChI is InChI=1S/C16H20N4O.HI/c1-3-21-15-10-13(7-8-18-15)11-19-16(17)20-14-6-4-5-12(2)9-14;/h4-10H,3,11H2,1-2H3,(H3,17,19,20);1H. The number of hydrogen-bond acceptors (Lipinski definition) is 3. The van der Waals surface area contributed by atoms with E-state index in [-0.39, 0.29) is 24.0 Å². The first-order valence-electron chi connectivity index (χ1n) is 6.88. The van der Waals surface area contributed by atoms with Crippen molar-refractivity contribution in [2.24, 2.45) is 10.7 Å². The summed E-state index contributed by atoms with van der Waals surface area (Å²) >= 11 is 0. The molecule has 5 nitrogen and oxygen atoms in total. The van der Waals surface area contributed by atoms with Crippen LogP contribution < -0.4 is 15.8 Å². The number of pyridine rings is 1. The first-order chi connectivity index (χ1) is 10.2. The van der Waals surface area contributed by atoms with Crippen LogP contribution in [0.25, 0.3) is 0 Å². The van der Waals surface area contributed by atoms with E-state index < -0.39 is 0 Å². The van der Waals surface area contributed by atoms with Crippen molar-refractivity contribution >= 4 is 35.6 Å². The number of nitrogens with two attached hydrogens (primary N) is 1. The molecule has 2 rings (SSSR count). The smallest absolute Gasteiger partial charge is 0.213 e. The number of aryl methyl sites for hydroxylation is 1. The molecule has 0 saturated heterocycles. The highest BCUT2D eigenvalue weighted by atomic mass is 127. The van der Waals surface area contributed by atoms with E-state index in [9.17, 15) is 0 Å². The zero-order valence-corrected chi connectivity index (χ0v) is 15.1. The molecule has 0 aliphatic carbocycles. The van der Waals surface area contributed by atoms with Crippen LogP contribution in [0.15, 0.2) is 47.6 Å². The highest BCUT2D eigenvalue weighted by Crippen LogP contribution is 2.11. The summed E-state index contributed by atoms with van der Waals surface area (Å²) in [7, 11) is 0. The first kappa shape index (κ1) is 18.2. The minimum Gasteiger partial charge on any atom is -0.478 e. The second-order valence-electron chi connectivity index (χ2n) is 4.63. The van der Waals surface area contributed by atoms with Crippen LogP contribution in [-0.4, -0.2) is 17.6 Å². The number of nitrogens with one attached hydrogen (secondary N) is 1. The number of ether oxygens (including phenoxy) is 1. The van der Waals surface area contributed by atoms with Crippen LogP contribution in [0.1, 0.15) is 18.1 Å². The van der Waals surface area contributed by atoms with Gasteiger partial charge >= 0.3 is 0 Å². The predicted octanol–water partition coefficient (Wildman–Crippen LogP) is 3.33. The number of rotatable bonds is 5. The molecule has 1 aromatic heterocycles. The van der Waals surface area contributed by atoms with Crippen LogP contribution in [0, 0.1) is 6.92 Å². The topological polar surface area (TPSA) is 72.5 Å². The van der Waals surface area contributed by atoms with Gasteiger partial charge in [0.25, 0.3) is 0 Å².